The van der Waals surface area contributed by atoms with Crippen molar-refractivity contribution in [3.8, 4) is 0 Å². The lowest BCUT2D eigenvalue weighted by molar-refractivity contribution is 0.411. The summed E-state index contributed by atoms with van der Waals surface area (Å²) >= 11 is 0. The van der Waals surface area contributed by atoms with Gasteiger partial charge in [0.1, 0.15) is 0 Å². The van der Waals surface area contributed by atoms with Crippen LogP contribution < -0.4 is 11.5 Å². The van der Waals surface area contributed by atoms with E-state index in [1.165, 1.54) is 25.9 Å². The first-order chi connectivity index (χ1) is 6.58. The molecule has 0 aromatic carbocycles. The molecule has 0 aliphatic carbocycles. The Kier molecular flexibility index (Phi) is 4.81. The molecule has 2 fully saturated rings. The van der Waals surface area contributed by atoms with E-state index in [1.54, 1.807) is 0 Å². The molecule has 0 unspecified atom stereocenters. The van der Waals surface area contributed by atoms with Crippen molar-refractivity contribution < 1.29 is 0 Å². The largest absolute Gasteiger partial charge is 0.326 e. The van der Waals surface area contributed by atoms with Gasteiger partial charge in [-0.05, 0) is 40.0 Å². The average Bonchev–Trinajstić information content (AvgIpc) is 2.63. The van der Waals surface area contributed by atoms with Crippen LogP contribution in [0.1, 0.15) is 12.8 Å². The first-order valence-corrected chi connectivity index (χ1v) is 5.46. The van der Waals surface area contributed by atoms with E-state index in [0.29, 0.717) is 12.1 Å². The minimum atomic E-state index is 0.449. The lowest BCUT2D eigenvalue weighted by Gasteiger charge is -2.03. The second-order valence-corrected chi connectivity index (χ2v) is 4.62. The molecular weight excluding hydrogens is 176 g/mol. The maximum atomic E-state index is 5.58. The zero-order valence-electron chi connectivity index (χ0n) is 9.45. The molecule has 4 N–H and O–H groups in total. The molecular formula is C10H24N4. The van der Waals surface area contributed by atoms with Gasteiger partial charge < -0.3 is 21.3 Å². The molecule has 4 nitrogen and oxygen atoms in total. The normalized spacial score (nSPS) is 34.3. The number of hydrogen-bond acceptors (Lipinski definition) is 4. The van der Waals surface area contributed by atoms with E-state index in [0.717, 1.165) is 13.1 Å². The minimum absolute atomic E-state index is 0.449. The molecule has 84 valence electrons. The summed E-state index contributed by atoms with van der Waals surface area (Å²) in [5.41, 5.74) is 11.2. The Labute approximate surface area is 87.2 Å². The molecule has 0 amide bonds. The van der Waals surface area contributed by atoms with Crippen molar-refractivity contribution in [3.63, 3.8) is 0 Å². The molecule has 0 radical (unpaired) electrons. The third kappa shape index (κ3) is 4.37. The number of rotatable bonds is 0. The molecule has 0 bridgehead atoms. The van der Waals surface area contributed by atoms with Crippen LogP contribution in [-0.4, -0.2) is 62.2 Å². The van der Waals surface area contributed by atoms with Gasteiger partial charge in [0.05, 0.1) is 0 Å². The zero-order chi connectivity index (χ0) is 10.6. The SMILES string of the molecule is CN1CC[C@@H](N)C1.CN1CC[C@H](N)C1. The molecule has 2 saturated heterocycles. The van der Waals surface area contributed by atoms with Crippen molar-refractivity contribution in [2.75, 3.05) is 40.3 Å². The van der Waals surface area contributed by atoms with Gasteiger partial charge in [-0.3, -0.25) is 0 Å². The van der Waals surface area contributed by atoms with Crippen LogP contribution in [0.3, 0.4) is 0 Å². The maximum absolute atomic E-state index is 5.58. The fourth-order valence-electron chi connectivity index (χ4n) is 1.94. The van der Waals surface area contributed by atoms with Gasteiger partial charge in [-0.15, -0.1) is 0 Å². The smallest absolute Gasteiger partial charge is 0.0179 e. The number of likely N-dealkylation sites (tertiary alicyclic amines) is 2. The second kappa shape index (κ2) is 5.66. The van der Waals surface area contributed by atoms with E-state index in [9.17, 15) is 0 Å². The third-order valence-electron chi connectivity index (χ3n) is 2.86. The van der Waals surface area contributed by atoms with E-state index in [2.05, 4.69) is 23.9 Å². The molecule has 2 rings (SSSR count). The van der Waals surface area contributed by atoms with Gasteiger partial charge >= 0.3 is 0 Å². The Morgan fingerprint density at radius 3 is 1.29 bits per heavy atom. The first kappa shape index (κ1) is 11.9. The summed E-state index contributed by atoms with van der Waals surface area (Å²) in [7, 11) is 4.21. The molecule has 2 aliphatic rings. The summed E-state index contributed by atoms with van der Waals surface area (Å²) in [6.07, 6.45) is 2.35. The predicted molar refractivity (Wildman–Crippen MR) is 60.2 cm³/mol. The highest BCUT2D eigenvalue weighted by Crippen LogP contribution is 2.02. The summed E-state index contributed by atoms with van der Waals surface area (Å²) in [6.45, 7) is 4.53. The predicted octanol–water partition coefficient (Wildman–Crippen LogP) is -0.702. The van der Waals surface area contributed by atoms with Gasteiger partial charge in [-0.2, -0.15) is 0 Å². The summed E-state index contributed by atoms with van der Waals surface area (Å²) in [6, 6.07) is 0.898. The molecule has 0 saturated carbocycles. The maximum Gasteiger partial charge on any atom is 0.0179 e. The molecule has 0 aromatic heterocycles. The van der Waals surface area contributed by atoms with Crippen LogP contribution >= 0.6 is 0 Å². The van der Waals surface area contributed by atoms with Crippen molar-refractivity contribution in [2.45, 2.75) is 24.9 Å². The molecule has 14 heavy (non-hydrogen) atoms. The molecule has 0 aromatic rings. The quantitative estimate of drug-likeness (QED) is 0.543. The van der Waals surface area contributed by atoms with Crippen LogP contribution in [0.15, 0.2) is 0 Å². The summed E-state index contributed by atoms with van der Waals surface area (Å²) in [4.78, 5) is 4.51. The summed E-state index contributed by atoms with van der Waals surface area (Å²) < 4.78 is 0. The van der Waals surface area contributed by atoms with E-state index in [1.807, 2.05) is 0 Å². The molecule has 0 spiro atoms. The van der Waals surface area contributed by atoms with Gasteiger partial charge in [-0.25, -0.2) is 0 Å². The van der Waals surface area contributed by atoms with E-state index in [-0.39, 0.29) is 0 Å². The Hall–Kier alpha value is -0.160. The number of nitrogens with two attached hydrogens (primary N) is 2. The van der Waals surface area contributed by atoms with Gasteiger partial charge in [0.15, 0.2) is 0 Å². The number of nitrogens with zero attached hydrogens (tertiary/aromatic N) is 2. The highest BCUT2D eigenvalue weighted by molar-refractivity contribution is 4.74. The van der Waals surface area contributed by atoms with Crippen LogP contribution in [0.5, 0.6) is 0 Å². The minimum Gasteiger partial charge on any atom is -0.326 e. The average molecular weight is 200 g/mol. The van der Waals surface area contributed by atoms with E-state index < -0.39 is 0 Å². The third-order valence-corrected chi connectivity index (χ3v) is 2.86. The van der Waals surface area contributed by atoms with Gasteiger partial charge in [-0.1, -0.05) is 0 Å². The Bertz CT molecular complexity index is 128. The number of hydrogen-bond donors (Lipinski definition) is 2. The van der Waals surface area contributed by atoms with Crippen molar-refractivity contribution in [1.29, 1.82) is 0 Å². The molecule has 4 heteroatoms. The fraction of sp³-hybridized carbons (Fsp3) is 1.00. The molecule has 2 atom stereocenters. The molecule has 2 heterocycles. The summed E-state index contributed by atoms with van der Waals surface area (Å²) in [5, 5.41) is 0. The van der Waals surface area contributed by atoms with Crippen molar-refractivity contribution in [3.05, 3.63) is 0 Å². The van der Waals surface area contributed by atoms with Crippen molar-refractivity contribution >= 4 is 0 Å². The van der Waals surface area contributed by atoms with Crippen LogP contribution in [0.2, 0.25) is 0 Å². The van der Waals surface area contributed by atoms with Crippen molar-refractivity contribution in [2.24, 2.45) is 11.5 Å². The monoisotopic (exact) mass is 200 g/mol. The zero-order valence-corrected chi connectivity index (χ0v) is 9.45. The highest BCUT2D eigenvalue weighted by atomic mass is 15.1. The van der Waals surface area contributed by atoms with Crippen molar-refractivity contribution in [1.82, 2.24) is 9.80 Å². The Morgan fingerprint density at radius 1 is 0.857 bits per heavy atom. The standard InChI is InChI=1S/2C5H12N2/c2*1-7-3-2-5(6)4-7/h2*5H,2-4,6H2,1H3/t2*5-/m10/s1. The second-order valence-electron chi connectivity index (χ2n) is 4.62. The fourth-order valence-corrected chi connectivity index (χ4v) is 1.94. The Balaban J connectivity index is 0.000000140. The van der Waals surface area contributed by atoms with Gasteiger partial charge in [0, 0.05) is 25.2 Å². The van der Waals surface area contributed by atoms with Crippen LogP contribution in [-0.2, 0) is 0 Å². The molecule has 2 aliphatic heterocycles. The van der Waals surface area contributed by atoms with Crippen LogP contribution in [0, 0.1) is 0 Å². The van der Waals surface area contributed by atoms with Crippen LogP contribution in [0.4, 0.5) is 0 Å². The van der Waals surface area contributed by atoms with Gasteiger partial charge in [0.25, 0.3) is 0 Å². The van der Waals surface area contributed by atoms with E-state index in [4.69, 9.17) is 11.5 Å². The summed E-state index contributed by atoms with van der Waals surface area (Å²) in [5.74, 6) is 0. The topological polar surface area (TPSA) is 58.5 Å². The van der Waals surface area contributed by atoms with Gasteiger partial charge in [0.2, 0.25) is 0 Å². The number of likely N-dealkylation sites (N-methyl/N-ethyl adjacent to an activating group) is 2. The van der Waals surface area contributed by atoms with E-state index >= 15 is 0 Å². The highest BCUT2D eigenvalue weighted by Gasteiger charge is 2.14. The Morgan fingerprint density at radius 2 is 1.21 bits per heavy atom. The lowest BCUT2D eigenvalue weighted by atomic mass is 10.3. The first-order valence-electron chi connectivity index (χ1n) is 5.46. The van der Waals surface area contributed by atoms with Crippen LogP contribution in [0.25, 0.3) is 0 Å². The lowest BCUT2D eigenvalue weighted by Crippen LogP contribution is -2.23.